The molecule has 4 aromatic rings. The lowest BCUT2D eigenvalue weighted by Crippen LogP contribution is -2.60. The highest BCUT2D eigenvalue weighted by atomic mass is 32.2. The molecule has 3 aliphatic rings. The fourth-order valence-electron chi connectivity index (χ4n) is 8.02. The van der Waals surface area contributed by atoms with Crippen LogP contribution in [0.4, 0.5) is 0 Å². The summed E-state index contributed by atoms with van der Waals surface area (Å²) >= 11 is 0. The van der Waals surface area contributed by atoms with E-state index in [4.69, 9.17) is 27.9 Å². The van der Waals surface area contributed by atoms with Crippen molar-refractivity contribution in [2.75, 3.05) is 41.2 Å². The standard InChI is InChI=1S/C41H44N2O9S/c1-24-18-28-19-31-41(44)43-30(35(42(31)3)33(28)40(36(24)47-4)51-22-27-16-12-9-13-17-27)20-29-34(32(43)23-50-21-26-14-10-8-11-15-26)39(49-6)38(48-5)25(2)37(29)52-53(7,45)46/h8-18,20,31-32,35H,19,21-23H2,1-7H3/t31-,32-,35+/m0/s1. The van der Waals surface area contributed by atoms with E-state index in [1.165, 1.54) is 14.2 Å². The number of hydrogen-bond acceptors (Lipinski definition) is 10. The molecule has 2 bridgehead atoms. The monoisotopic (exact) mass is 740 g/mol. The predicted molar refractivity (Wildman–Crippen MR) is 200 cm³/mol. The van der Waals surface area contributed by atoms with E-state index < -0.39 is 28.2 Å². The van der Waals surface area contributed by atoms with Gasteiger partial charge in [0, 0.05) is 28.0 Å². The molecular weight excluding hydrogens is 697 g/mol. The summed E-state index contributed by atoms with van der Waals surface area (Å²) in [6.45, 7) is 4.35. The van der Waals surface area contributed by atoms with Crippen LogP contribution in [0.5, 0.6) is 28.7 Å². The molecule has 0 spiro atoms. The molecule has 3 aliphatic heterocycles. The molecule has 0 radical (unpaired) electrons. The molecule has 0 unspecified atom stereocenters. The Morgan fingerprint density at radius 1 is 0.792 bits per heavy atom. The first-order valence-corrected chi connectivity index (χ1v) is 19.2. The van der Waals surface area contributed by atoms with E-state index in [-0.39, 0.29) is 24.9 Å². The summed E-state index contributed by atoms with van der Waals surface area (Å²) in [5.74, 6) is 1.85. The minimum atomic E-state index is -4.00. The lowest BCUT2D eigenvalue weighted by atomic mass is 9.78. The normalized spacial score (nSPS) is 19.1. The van der Waals surface area contributed by atoms with Gasteiger partial charge in [-0.2, -0.15) is 8.42 Å². The summed E-state index contributed by atoms with van der Waals surface area (Å²) in [5, 5.41) is 0. The van der Waals surface area contributed by atoms with Crippen molar-refractivity contribution in [3.05, 3.63) is 117 Å². The highest BCUT2D eigenvalue weighted by molar-refractivity contribution is 7.86. The number of benzene rings is 4. The Bertz CT molecular complexity index is 2190. The fraction of sp³-hybridized carbons (Fsp3) is 0.341. The van der Waals surface area contributed by atoms with Gasteiger partial charge in [0.05, 0.1) is 58.9 Å². The van der Waals surface area contributed by atoms with Gasteiger partial charge in [0.2, 0.25) is 5.91 Å². The first kappa shape index (κ1) is 36.3. The van der Waals surface area contributed by atoms with Crippen molar-refractivity contribution in [1.29, 1.82) is 0 Å². The van der Waals surface area contributed by atoms with Crippen LogP contribution in [-0.2, 0) is 39.3 Å². The number of ether oxygens (including phenoxy) is 5. The fourth-order valence-corrected chi connectivity index (χ4v) is 8.54. The van der Waals surface area contributed by atoms with Gasteiger partial charge in [-0.1, -0.05) is 66.7 Å². The second kappa shape index (κ2) is 14.4. The molecule has 7 rings (SSSR count). The molecule has 3 heterocycles. The van der Waals surface area contributed by atoms with Gasteiger partial charge in [-0.15, -0.1) is 0 Å². The van der Waals surface area contributed by atoms with Gasteiger partial charge in [-0.3, -0.25) is 9.69 Å². The van der Waals surface area contributed by atoms with Crippen molar-refractivity contribution in [2.24, 2.45) is 0 Å². The van der Waals surface area contributed by atoms with Crippen molar-refractivity contribution in [3.8, 4) is 28.7 Å². The molecule has 0 N–H and O–H groups in total. The molecule has 1 fully saturated rings. The topological polar surface area (TPSA) is 113 Å². The summed E-state index contributed by atoms with van der Waals surface area (Å²) in [7, 11) is 2.57. The van der Waals surface area contributed by atoms with Crippen LogP contribution < -0.4 is 23.1 Å². The first-order valence-electron chi connectivity index (χ1n) is 17.4. The third kappa shape index (κ3) is 6.49. The minimum absolute atomic E-state index is 0.0659. The lowest BCUT2D eigenvalue weighted by molar-refractivity contribution is -0.145. The van der Waals surface area contributed by atoms with Crippen LogP contribution in [0.15, 0.2) is 72.4 Å². The number of nitrogens with zero attached hydrogens (tertiary/aromatic N) is 2. The van der Waals surface area contributed by atoms with Crippen molar-refractivity contribution in [1.82, 2.24) is 9.80 Å². The molecule has 1 saturated heterocycles. The molecule has 3 atom stereocenters. The number of carbonyl (C=O) groups is 1. The van der Waals surface area contributed by atoms with E-state index in [2.05, 4.69) is 11.0 Å². The Morgan fingerprint density at radius 3 is 2.02 bits per heavy atom. The highest BCUT2D eigenvalue weighted by Gasteiger charge is 2.53. The number of rotatable bonds is 12. The number of aryl methyl sites for hydroxylation is 1. The zero-order valence-electron chi connectivity index (χ0n) is 31.0. The highest BCUT2D eigenvalue weighted by Crippen LogP contribution is 2.58. The third-order valence-corrected chi connectivity index (χ3v) is 10.7. The van der Waals surface area contributed by atoms with E-state index in [0.29, 0.717) is 58.4 Å². The van der Waals surface area contributed by atoms with Crippen LogP contribution in [0.1, 0.15) is 56.6 Å². The van der Waals surface area contributed by atoms with Crippen molar-refractivity contribution in [3.63, 3.8) is 0 Å². The van der Waals surface area contributed by atoms with Crippen molar-refractivity contribution >= 4 is 22.1 Å². The van der Waals surface area contributed by atoms with E-state index >= 15 is 0 Å². The van der Waals surface area contributed by atoms with Crippen molar-refractivity contribution in [2.45, 2.75) is 51.6 Å². The van der Waals surface area contributed by atoms with Gasteiger partial charge in [-0.05, 0) is 55.6 Å². The van der Waals surface area contributed by atoms with Crippen molar-refractivity contribution < 1.29 is 41.1 Å². The molecule has 12 heteroatoms. The van der Waals surface area contributed by atoms with Crippen LogP contribution in [0, 0.1) is 13.8 Å². The van der Waals surface area contributed by atoms with E-state index in [1.54, 1.807) is 18.9 Å². The summed E-state index contributed by atoms with van der Waals surface area (Å²) in [4.78, 5) is 18.8. The Hall–Kier alpha value is -5.04. The van der Waals surface area contributed by atoms with E-state index in [1.807, 2.05) is 80.7 Å². The van der Waals surface area contributed by atoms with Gasteiger partial charge >= 0.3 is 10.1 Å². The summed E-state index contributed by atoms with van der Waals surface area (Å²) in [5.41, 5.74) is 6.76. The minimum Gasteiger partial charge on any atom is -0.493 e. The maximum absolute atomic E-state index is 14.9. The number of piperazine rings is 1. The SMILES string of the molecule is COc1c(C)cc2c(c1OCc1ccccc1)[C@H]1C3=Cc4c(OS(C)(=O)=O)c(C)c(OC)c(OC)c4[C@H](COCc4ccccc4)N3C(=O)[C@H](C2)N1C. The molecule has 1 amide bonds. The van der Waals surface area contributed by atoms with Crippen LogP contribution >= 0.6 is 0 Å². The quantitative estimate of drug-likeness (QED) is 0.154. The number of fused-ring (bicyclic) bond motifs is 7. The van der Waals surface area contributed by atoms with E-state index in [0.717, 1.165) is 34.1 Å². The number of hydrogen-bond donors (Lipinski definition) is 0. The molecule has 0 aromatic heterocycles. The molecule has 278 valence electrons. The third-order valence-electron chi connectivity index (χ3n) is 10.3. The van der Waals surface area contributed by atoms with Gasteiger partial charge < -0.3 is 32.8 Å². The molecule has 4 aromatic carbocycles. The maximum atomic E-state index is 14.9. The average molecular weight is 741 g/mol. The average Bonchev–Trinajstić information content (AvgIpc) is 3.14. The Balaban J connectivity index is 1.47. The van der Waals surface area contributed by atoms with Gasteiger partial charge in [0.1, 0.15) is 6.61 Å². The lowest BCUT2D eigenvalue weighted by Gasteiger charge is -2.53. The molecule has 0 saturated carbocycles. The number of likely N-dealkylation sites (N-methyl/N-ethyl adjacent to an activating group) is 1. The smallest absolute Gasteiger partial charge is 0.306 e. The van der Waals surface area contributed by atoms with E-state index in [9.17, 15) is 13.2 Å². The molecule has 11 nitrogen and oxygen atoms in total. The summed E-state index contributed by atoms with van der Waals surface area (Å²) in [6, 6.07) is 20.0. The second-order valence-electron chi connectivity index (χ2n) is 13.6. The second-order valence-corrected chi connectivity index (χ2v) is 15.2. The Labute approximate surface area is 310 Å². The summed E-state index contributed by atoms with van der Waals surface area (Å²) < 4.78 is 62.3. The van der Waals surface area contributed by atoms with Gasteiger partial charge in [-0.25, -0.2) is 0 Å². The molecular formula is C41H44N2O9S. The maximum Gasteiger partial charge on any atom is 0.306 e. The Morgan fingerprint density at radius 2 is 1.42 bits per heavy atom. The van der Waals surface area contributed by atoms with Crippen LogP contribution in [0.2, 0.25) is 0 Å². The van der Waals surface area contributed by atoms with Crippen LogP contribution in [0.3, 0.4) is 0 Å². The zero-order valence-corrected chi connectivity index (χ0v) is 31.8. The molecule has 53 heavy (non-hydrogen) atoms. The van der Waals surface area contributed by atoms with Gasteiger partial charge in [0.15, 0.2) is 28.7 Å². The first-order chi connectivity index (χ1) is 25.5. The van der Waals surface area contributed by atoms with Gasteiger partial charge in [0.25, 0.3) is 0 Å². The largest absolute Gasteiger partial charge is 0.493 e. The Kier molecular flexibility index (Phi) is 9.88. The number of methoxy groups -OCH3 is 3. The number of amides is 1. The van der Waals surface area contributed by atoms with Crippen LogP contribution in [-0.4, -0.2) is 71.4 Å². The summed E-state index contributed by atoms with van der Waals surface area (Å²) in [6.07, 6.45) is 3.29. The van der Waals surface area contributed by atoms with Crippen LogP contribution in [0.25, 0.3) is 6.08 Å². The number of carbonyl (C=O) groups excluding carboxylic acids is 1. The zero-order chi connectivity index (χ0) is 37.6. The molecule has 0 aliphatic carbocycles. The predicted octanol–water partition coefficient (Wildman–Crippen LogP) is 6.30.